The number of hydrogen-bond donors (Lipinski definition) is 0. The number of likely N-dealkylation sites (N-methyl/N-ethyl adjacent to an activating group) is 1. The van der Waals surface area contributed by atoms with E-state index in [-0.39, 0.29) is 11.8 Å². The Morgan fingerprint density at radius 1 is 1.12 bits per heavy atom. The molecule has 25 heavy (non-hydrogen) atoms. The van der Waals surface area contributed by atoms with Crippen molar-refractivity contribution in [2.45, 2.75) is 19.3 Å². The molecule has 136 valence electrons. The van der Waals surface area contributed by atoms with E-state index in [2.05, 4.69) is 4.90 Å². The Kier molecular flexibility index (Phi) is 5.91. The summed E-state index contributed by atoms with van der Waals surface area (Å²) in [6.07, 6.45) is 2.69. The number of piperidine rings is 1. The molecule has 0 spiro atoms. The van der Waals surface area contributed by atoms with Crippen molar-refractivity contribution in [3.8, 4) is 0 Å². The number of anilines is 1. The number of likely N-dealkylation sites (tertiary alicyclic amines) is 1. The van der Waals surface area contributed by atoms with E-state index in [0.29, 0.717) is 25.1 Å². The topological polar surface area (TPSA) is 53.1 Å². The highest BCUT2D eigenvalue weighted by Gasteiger charge is 2.19. The van der Waals surface area contributed by atoms with Crippen LogP contribution in [0.2, 0.25) is 0 Å². The number of ether oxygens (including phenoxy) is 1. The van der Waals surface area contributed by atoms with Crippen LogP contribution in [0.3, 0.4) is 0 Å². The van der Waals surface area contributed by atoms with Gasteiger partial charge in [-0.15, -0.1) is 0 Å². The molecule has 2 aliphatic heterocycles. The van der Waals surface area contributed by atoms with E-state index in [9.17, 15) is 9.59 Å². The monoisotopic (exact) mass is 345 g/mol. The molecule has 2 saturated heterocycles. The lowest BCUT2D eigenvalue weighted by Crippen LogP contribution is -2.41. The van der Waals surface area contributed by atoms with Gasteiger partial charge in [0.2, 0.25) is 5.91 Å². The van der Waals surface area contributed by atoms with Gasteiger partial charge in [0.15, 0.2) is 0 Å². The second kappa shape index (κ2) is 8.34. The van der Waals surface area contributed by atoms with Gasteiger partial charge in [-0.05, 0) is 37.1 Å². The van der Waals surface area contributed by atoms with Crippen LogP contribution in [0.15, 0.2) is 24.3 Å². The molecule has 0 aromatic heterocycles. The predicted octanol–water partition coefficient (Wildman–Crippen LogP) is 1.61. The Bertz CT molecular complexity index is 596. The molecule has 2 aliphatic rings. The van der Waals surface area contributed by atoms with Crippen LogP contribution in [0.4, 0.5) is 5.69 Å². The van der Waals surface area contributed by atoms with Crippen LogP contribution in [-0.4, -0.2) is 74.6 Å². The summed E-state index contributed by atoms with van der Waals surface area (Å²) in [5, 5.41) is 0. The van der Waals surface area contributed by atoms with Gasteiger partial charge in [0.05, 0.1) is 13.2 Å². The summed E-state index contributed by atoms with van der Waals surface area (Å²) in [7, 11) is 1.80. The van der Waals surface area contributed by atoms with Gasteiger partial charge in [-0.25, -0.2) is 0 Å². The van der Waals surface area contributed by atoms with E-state index in [1.54, 1.807) is 11.9 Å². The lowest BCUT2D eigenvalue weighted by atomic mass is 10.1. The first-order chi connectivity index (χ1) is 12.1. The van der Waals surface area contributed by atoms with Crippen molar-refractivity contribution in [3.05, 3.63) is 29.8 Å². The Labute approximate surface area is 149 Å². The smallest absolute Gasteiger partial charge is 0.253 e. The minimum atomic E-state index is -0.00186. The van der Waals surface area contributed by atoms with Crippen LogP contribution in [0.1, 0.15) is 29.6 Å². The zero-order chi connectivity index (χ0) is 17.6. The Morgan fingerprint density at radius 2 is 1.84 bits per heavy atom. The van der Waals surface area contributed by atoms with E-state index in [0.717, 1.165) is 51.4 Å². The maximum absolute atomic E-state index is 12.6. The van der Waals surface area contributed by atoms with Gasteiger partial charge < -0.3 is 19.4 Å². The first kappa shape index (κ1) is 17.7. The summed E-state index contributed by atoms with van der Waals surface area (Å²) >= 11 is 0. The lowest BCUT2D eigenvalue weighted by Gasteiger charge is -2.29. The van der Waals surface area contributed by atoms with Crippen molar-refractivity contribution in [1.82, 2.24) is 9.80 Å². The fraction of sp³-hybridized carbons (Fsp3) is 0.579. The third-order valence-electron chi connectivity index (χ3n) is 4.96. The first-order valence-corrected chi connectivity index (χ1v) is 9.11. The number of nitrogens with zero attached hydrogens (tertiary/aromatic N) is 3. The summed E-state index contributed by atoms with van der Waals surface area (Å²) in [6.45, 7) is 5.27. The van der Waals surface area contributed by atoms with Crippen LogP contribution in [0.25, 0.3) is 0 Å². The van der Waals surface area contributed by atoms with E-state index in [1.807, 2.05) is 29.2 Å². The molecule has 3 rings (SSSR count). The maximum atomic E-state index is 12.6. The summed E-state index contributed by atoms with van der Waals surface area (Å²) in [5.74, 6) is 0.208. The quantitative estimate of drug-likeness (QED) is 0.814. The van der Waals surface area contributed by atoms with Crippen molar-refractivity contribution in [2.24, 2.45) is 0 Å². The molecule has 0 saturated carbocycles. The molecule has 0 bridgehead atoms. The largest absolute Gasteiger partial charge is 0.378 e. The number of hydrogen-bond acceptors (Lipinski definition) is 4. The maximum Gasteiger partial charge on any atom is 0.253 e. The molecule has 0 atom stereocenters. The summed E-state index contributed by atoms with van der Waals surface area (Å²) in [6, 6.07) is 7.77. The molecule has 0 unspecified atom stereocenters. The fourth-order valence-corrected chi connectivity index (χ4v) is 3.33. The SMILES string of the molecule is CN(CCN1CCCCC1=O)C(=O)c1ccc(N2CCOCC2)cc1. The molecule has 0 radical (unpaired) electrons. The zero-order valence-electron chi connectivity index (χ0n) is 14.9. The molecule has 0 N–H and O–H groups in total. The number of benzene rings is 1. The van der Waals surface area contributed by atoms with Crippen molar-refractivity contribution in [1.29, 1.82) is 0 Å². The van der Waals surface area contributed by atoms with Crippen molar-refractivity contribution < 1.29 is 14.3 Å². The highest BCUT2D eigenvalue weighted by molar-refractivity contribution is 5.94. The molecule has 1 aromatic rings. The van der Waals surface area contributed by atoms with Crippen molar-refractivity contribution in [2.75, 3.05) is 57.9 Å². The van der Waals surface area contributed by atoms with Gasteiger partial charge in [0, 0.05) is 57.4 Å². The van der Waals surface area contributed by atoms with E-state index >= 15 is 0 Å². The van der Waals surface area contributed by atoms with Gasteiger partial charge in [0.1, 0.15) is 0 Å². The Balaban J connectivity index is 1.53. The minimum absolute atomic E-state index is 0.00186. The molecular formula is C19H27N3O3. The van der Waals surface area contributed by atoms with Crippen LogP contribution in [-0.2, 0) is 9.53 Å². The molecule has 2 heterocycles. The average molecular weight is 345 g/mol. The number of carbonyl (C=O) groups is 2. The third-order valence-corrected chi connectivity index (χ3v) is 4.96. The molecule has 6 heteroatoms. The number of amides is 2. The van der Waals surface area contributed by atoms with Crippen molar-refractivity contribution in [3.63, 3.8) is 0 Å². The standard InChI is InChI=1S/C19H27N3O3/c1-20(10-11-22-9-3-2-4-18(22)23)19(24)16-5-7-17(8-6-16)21-12-14-25-15-13-21/h5-8H,2-4,9-15H2,1H3. The van der Waals surface area contributed by atoms with Gasteiger partial charge in [-0.2, -0.15) is 0 Å². The van der Waals surface area contributed by atoms with Crippen LogP contribution < -0.4 is 4.90 Å². The average Bonchev–Trinajstić information content (AvgIpc) is 2.67. The summed E-state index contributed by atoms with van der Waals surface area (Å²) in [4.78, 5) is 30.3. The molecular weight excluding hydrogens is 318 g/mol. The van der Waals surface area contributed by atoms with E-state index in [4.69, 9.17) is 4.74 Å². The second-order valence-corrected chi connectivity index (χ2v) is 6.71. The van der Waals surface area contributed by atoms with Gasteiger partial charge in [-0.1, -0.05) is 0 Å². The molecule has 2 fully saturated rings. The van der Waals surface area contributed by atoms with E-state index < -0.39 is 0 Å². The third kappa shape index (κ3) is 4.51. The zero-order valence-corrected chi connectivity index (χ0v) is 14.9. The lowest BCUT2D eigenvalue weighted by molar-refractivity contribution is -0.133. The second-order valence-electron chi connectivity index (χ2n) is 6.71. The van der Waals surface area contributed by atoms with Crippen LogP contribution in [0.5, 0.6) is 0 Å². The normalized spacial score (nSPS) is 18.4. The number of rotatable bonds is 5. The van der Waals surface area contributed by atoms with Crippen molar-refractivity contribution >= 4 is 17.5 Å². The Morgan fingerprint density at radius 3 is 2.52 bits per heavy atom. The summed E-state index contributed by atoms with van der Waals surface area (Å²) < 4.78 is 5.37. The van der Waals surface area contributed by atoms with E-state index in [1.165, 1.54) is 0 Å². The Hall–Kier alpha value is -2.08. The minimum Gasteiger partial charge on any atom is -0.378 e. The predicted molar refractivity (Wildman–Crippen MR) is 96.9 cm³/mol. The van der Waals surface area contributed by atoms with Gasteiger partial charge in [-0.3, -0.25) is 9.59 Å². The first-order valence-electron chi connectivity index (χ1n) is 9.11. The number of morpholine rings is 1. The molecule has 1 aromatic carbocycles. The molecule has 0 aliphatic carbocycles. The molecule has 6 nitrogen and oxygen atoms in total. The summed E-state index contributed by atoms with van der Waals surface area (Å²) in [5.41, 5.74) is 1.81. The van der Waals surface area contributed by atoms with Gasteiger partial charge >= 0.3 is 0 Å². The van der Waals surface area contributed by atoms with Crippen LogP contribution >= 0.6 is 0 Å². The number of carbonyl (C=O) groups excluding carboxylic acids is 2. The molecule has 2 amide bonds. The van der Waals surface area contributed by atoms with Gasteiger partial charge in [0.25, 0.3) is 5.91 Å². The highest BCUT2D eigenvalue weighted by Crippen LogP contribution is 2.17. The fourth-order valence-electron chi connectivity index (χ4n) is 3.33. The highest BCUT2D eigenvalue weighted by atomic mass is 16.5. The van der Waals surface area contributed by atoms with Crippen LogP contribution in [0, 0.1) is 0 Å².